The predicted octanol–water partition coefficient (Wildman–Crippen LogP) is 3.07. The number of para-hydroxylation sites is 1. The molecule has 0 aliphatic heterocycles. The quantitative estimate of drug-likeness (QED) is 0.457. The van der Waals surface area contributed by atoms with Gasteiger partial charge in [-0.15, -0.1) is 0 Å². The second kappa shape index (κ2) is 6.98. The summed E-state index contributed by atoms with van der Waals surface area (Å²) in [6.07, 6.45) is 6.64. The number of aromatic nitrogens is 2. The molecule has 1 amide bonds. The summed E-state index contributed by atoms with van der Waals surface area (Å²) in [7, 11) is 0. The number of hydrogen-bond acceptors (Lipinski definition) is 4. The van der Waals surface area contributed by atoms with Crippen LogP contribution in [0.3, 0.4) is 0 Å². The number of amides is 1. The number of carbonyl (C=O) groups excluding carboxylic acids is 1. The van der Waals surface area contributed by atoms with Gasteiger partial charge >= 0.3 is 0 Å². The lowest BCUT2D eigenvalue weighted by Gasteiger charge is -2.08. The Morgan fingerprint density at radius 3 is 2.77 bits per heavy atom. The second-order valence-electron chi connectivity index (χ2n) is 5.58. The lowest BCUT2D eigenvalue weighted by atomic mass is 10.0. The lowest BCUT2D eigenvalue weighted by Crippen LogP contribution is -2.18. The summed E-state index contributed by atoms with van der Waals surface area (Å²) in [4.78, 5) is 20.3. The SMILES string of the molecule is O=C(NN=Cc1ccco1)c1cc(-c2cc[nH+]cc2)nc2ccccc12. The molecule has 3 aromatic heterocycles. The zero-order valence-electron chi connectivity index (χ0n) is 13.7. The molecule has 26 heavy (non-hydrogen) atoms. The molecular formula is C20H15N4O2+. The average molecular weight is 343 g/mol. The van der Waals surface area contributed by atoms with Crippen LogP contribution >= 0.6 is 0 Å². The predicted molar refractivity (Wildman–Crippen MR) is 97.5 cm³/mol. The average Bonchev–Trinajstić information content (AvgIpc) is 3.21. The molecule has 0 saturated carbocycles. The molecule has 0 radical (unpaired) electrons. The van der Waals surface area contributed by atoms with Crippen LogP contribution in [0, 0.1) is 0 Å². The standard InChI is InChI=1S/C20H14N4O2/c25-20(24-22-13-15-4-3-11-26-15)17-12-19(14-7-9-21-10-8-14)23-18-6-2-1-5-16(17)18/h1-13H,(H,24,25)/p+1. The van der Waals surface area contributed by atoms with Gasteiger partial charge in [0.25, 0.3) is 5.91 Å². The van der Waals surface area contributed by atoms with Crippen LogP contribution < -0.4 is 10.4 Å². The Kier molecular flexibility index (Phi) is 4.22. The Balaban J connectivity index is 1.72. The number of nitrogens with one attached hydrogen (secondary N) is 2. The van der Waals surface area contributed by atoms with Crippen molar-refractivity contribution in [3.8, 4) is 11.3 Å². The molecule has 2 N–H and O–H groups in total. The second-order valence-corrected chi connectivity index (χ2v) is 5.58. The first-order valence-electron chi connectivity index (χ1n) is 8.04. The Bertz CT molecular complexity index is 1070. The molecule has 3 heterocycles. The van der Waals surface area contributed by atoms with E-state index >= 15 is 0 Å². The van der Waals surface area contributed by atoms with Crippen LogP contribution in [0.25, 0.3) is 22.2 Å². The van der Waals surface area contributed by atoms with Gasteiger partial charge in [-0.05, 0) is 24.3 Å². The maximum atomic E-state index is 12.7. The van der Waals surface area contributed by atoms with E-state index in [9.17, 15) is 4.79 Å². The van der Waals surface area contributed by atoms with Crippen molar-refractivity contribution in [1.29, 1.82) is 0 Å². The van der Waals surface area contributed by atoms with E-state index in [1.807, 2.05) is 48.8 Å². The van der Waals surface area contributed by atoms with Gasteiger partial charge in [0.2, 0.25) is 0 Å². The van der Waals surface area contributed by atoms with Crippen LogP contribution in [-0.2, 0) is 0 Å². The largest absolute Gasteiger partial charge is 0.463 e. The number of fused-ring (bicyclic) bond motifs is 1. The number of benzene rings is 1. The fourth-order valence-corrected chi connectivity index (χ4v) is 2.65. The summed E-state index contributed by atoms with van der Waals surface area (Å²) in [5.41, 5.74) is 5.44. The van der Waals surface area contributed by atoms with Crippen molar-refractivity contribution in [2.24, 2.45) is 5.10 Å². The first-order valence-corrected chi connectivity index (χ1v) is 8.04. The highest BCUT2D eigenvalue weighted by atomic mass is 16.3. The smallest absolute Gasteiger partial charge is 0.272 e. The molecule has 0 unspecified atom stereocenters. The van der Waals surface area contributed by atoms with Gasteiger partial charge in [-0.25, -0.2) is 15.4 Å². The fourth-order valence-electron chi connectivity index (χ4n) is 2.65. The number of pyridine rings is 2. The van der Waals surface area contributed by atoms with Crippen LogP contribution in [0.1, 0.15) is 16.1 Å². The topological polar surface area (TPSA) is 81.6 Å². The molecule has 6 nitrogen and oxygen atoms in total. The highest BCUT2D eigenvalue weighted by Crippen LogP contribution is 2.24. The Morgan fingerprint density at radius 1 is 1.12 bits per heavy atom. The molecule has 0 aliphatic carbocycles. The van der Waals surface area contributed by atoms with E-state index in [1.165, 1.54) is 6.21 Å². The summed E-state index contributed by atoms with van der Waals surface area (Å²) in [5, 5.41) is 4.72. The van der Waals surface area contributed by atoms with Gasteiger partial charge in [-0.2, -0.15) is 5.10 Å². The van der Waals surface area contributed by atoms with Crippen LogP contribution in [0.15, 0.2) is 82.8 Å². The summed E-state index contributed by atoms with van der Waals surface area (Å²) in [6, 6.07) is 16.6. The highest BCUT2D eigenvalue weighted by Gasteiger charge is 2.13. The van der Waals surface area contributed by atoms with Crippen molar-refractivity contribution in [3.05, 3.63) is 84.6 Å². The summed E-state index contributed by atoms with van der Waals surface area (Å²) in [6.45, 7) is 0. The van der Waals surface area contributed by atoms with Crippen molar-refractivity contribution in [2.75, 3.05) is 0 Å². The number of H-pyrrole nitrogens is 1. The number of hydrogen-bond donors (Lipinski definition) is 1. The van der Waals surface area contributed by atoms with Gasteiger partial charge in [0.05, 0.1) is 29.3 Å². The molecule has 126 valence electrons. The molecule has 1 aromatic carbocycles. The fraction of sp³-hybridized carbons (Fsp3) is 0. The number of rotatable bonds is 4. The van der Waals surface area contributed by atoms with Gasteiger partial charge in [-0.3, -0.25) is 4.79 Å². The van der Waals surface area contributed by atoms with Crippen molar-refractivity contribution < 1.29 is 14.2 Å². The molecule has 0 spiro atoms. The van der Waals surface area contributed by atoms with Crippen molar-refractivity contribution in [2.45, 2.75) is 0 Å². The minimum absolute atomic E-state index is 0.310. The third kappa shape index (κ3) is 3.21. The Morgan fingerprint density at radius 2 is 1.96 bits per heavy atom. The maximum Gasteiger partial charge on any atom is 0.272 e. The molecule has 6 heteroatoms. The van der Waals surface area contributed by atoms with Gasteiger partial charge in [0.15, 0.2) is 12.4 Å². The number of furan rings is 1. The van der Waals surface area contributed by atoms with Crippen molar-refractivity contribution in [1.82, 2.24) is 10.4 Å². The first-order chi connectivity index (χ1) is 12.8. The summed E-state index contributed by atoms with van der Waals surface area (Å²) < 4.78 is 5.15. The third-order valence-corrected chi connectivity index (χ3v) is 3.88. The normalized spacial score (nSPS) is 11.1. The van der Waals surface area contributed by atoms with Crippen LogP contribution in [0.5, 0.6) is 0 Å². The Hall–Kier alpha value is -3.80. The Labute approximate surface area is 149 Å². The number of hydrazone groups is 1. The molecule has 0 atom stereocenters. The minimum Gasteiger partial charge on any atom is -0.463 e. The van der Waals surface area contributed by atoms with Gasteiger partial charge < -0.3 is 4.42 Å². The number of aromatic amines is 1. The lowest BCUT2D eigenvalue weighted by molar-refractivity contribution is -0.377. The van der Waals surface area contributed by atoms with Gasteiger partial charge in [0, 0.05) is 23.1 Å². The van der Waals surface area contributed by atoms with Crippen molar-refractivity contribution >= 4 is 23.0 Å². The molecular weight excluding hydrogens is 328 g/mol. The van der Waals surface area contributed by atoms with Crippen molar-refractivity contribution in [3.63, 3.8) is 0 Å². The van der Waals surface area contributed by atoms with Crippen LogP contribution in [-0.4, -0.2) is 17.1 Å². The first kappa shape index (κ1) is 15.7. The summed E-state index contributed by atoms with van der Waals surface area (Å²) in [5.74, 6) is 0.251. The van der Waals surface area contributed by atoms with E-state index in [0.717, 1.165) is 22.2 Å². The minimum atomic E-state index is -0.310. The van der Waals surface area contributed by atoms with Crippen LogP contribution in [0.2, 0.25) is 0 Å². The van der Waals surface area contributed by atoms with E-state index < -0.39 is 0 Å². The van der Waals surface area contributed by atoms with E-state index in [-0.39, 0.29) is 5.91 Å². The summed E-state index contributed by atoms with van der Waals surface area (Å²) >= 11 is 0. The molecule has 4 aromatic rings. The molecule has 0 bridgehead atoms. The zero-order valence-corrected chi connectivity index (χ0v) is 13.7. The van der Waals surface area contributed by atoms with E-state index in [2.05, 4.69) is 20.5 Å². The zero-order chi connectivity index (χ0) is 17.8. The molecule has 4 rings (SSSR count). The van der Waals surface area contributed by atoms with E-state index in [4.69, 9.17) is 4.42 Å². The highest BCUT2D eigenvalue weighted by molar-refractivity contribution is 6.07. The van der Waals surface area contributed by atoms with Gasteiger partial charge in [-0.1, -0.05) is 18.2 Å². The number of nitrogens with zero attached hydrogens (tertiary/aromatic N) is 2. The molecule has 0 saturated heterocycles. The van der Waals surface area contributed by atoms with Crippen LogP contribution in [0.4, 0.5) is 0 Å². The third-order valence-electron chi connectivity index (χ3n) is 3.88. The molecule has 0 fully saturated rings. The van der Waals surface area contributed by atoms with Gasteiger partial charge in [0.1, 0.15) is 5.76 Å². The van der Waals surface area contributed by atoms with E-state index in [0.29, 0.717) is 11.3 Å². The maximum absolute atomic E-state index is 12.7. The monoisotopic (exact) mass is 343 g/mol. The van der Waals surface area contributed by atoms with E-state index in [1.54, 1.807) is 24.5 Å². The molecule has 0 aliphatic rings. The number of carbonyl (C=O) groups is 1.